The highest BCUT2D eigenvalue weighted by Crippen LogP contribution is 2.39. The SMILES string of the molecule is Cc1nc(Sc2nnnn2C2CCCC2)c2c(C)c(C)sc2n1. The van der Waals surface area contributed by atoms with Gasteiger partial charge in [-0.3, -0.25) is 0 Å². The Morgan fingerprint density at radius 1 is 1.13 bits per heavy atom. The summed E-state index contributed by atoms with van der Waals surface area (Å²) in [5.74, 6) is 0.793. The average molecular weight is 346 g/mol. The Bertz CT molecular complexity index is 862. The van der Waals surface area contributed by atoms with Crippen LogP contribution >= 0.6 is 23.1 Å². The normalized spacial score (nSPS) is 15.8. The summed E-state index contributed by atoms with van der Waals surface area (Å²) in [4.78, 5) is 11.6. The zero-order valence-corrected chi connectivity index (χ0v) is 15.0. The average Bonchev–Trinajstić information content (AvgIpc) is 3.20. The Morgan fingerprint density at radius 3 is 2.70 bits per heavy atom. The Labute approximate surface area is 142 Å². The predicted octanol–water partition coefficient (Wildman–Crippen LogP) is 3.87. The van der Waals surface area contributed by atoms with Crippen LogP contribution in [0.5, 0.6) is 0 Å². The van der Waals surface area contributed by atoms with Gasteiger partial charge in [0.1, 0.15) is 15.7 Å². The van der Waals surface area contributed by atoms with Gasteiger partial charge in [0.25, 0.3) is 0 Å². The second kappa shape index (κ2) is 5.83. The molecule has 0 amide bonds. The standard InChI is InChI=1S/C15H18N6S2/c1-8-9(2)22-13-12(8)14(17-10(3)16-13)23-15-18-19-20-21(15)11-6-4-5-7-11/h11H,4-7H2,1-3H3. The van der Waals surface area contributed by atoms with Gasteiger partial charge in [-0.25, -0.2) is 14.6 Å². The molecule has 4 rings (SSSR count). The molecule has 1 fully saturated rings. The zero-order valence-electron chi connectivity index (χ0n) is 13.4. The summed E-state index contributed by atoms with van der Waals surface area (Å²) in [5.41, 5.74) is 1.26. The van der Waals surface area contributed by atoms with Gasteiger partial charge < -0.3 is 0 Å². The van der Waals surface area contributed by atoms with Gasteiger partial charge in [0.15, 0.2) is 0 Å². The molecule has 120 valence electrons. The van der Waals surface area contributed by atoms with Crippen molar-refractivity contribution in [3.05, 3.63) is 16.3 Å². The molecular weight excluding hydrogens is 328 g/mol. The van der Waals surface area contributed by atoms with E-state index < -0.39 is 0 Å². The van der Waals surface area contributed by atoms with E-state index in [1.165, 1.54) is 23.3 Å². The Kier molecular flexibility index (Phi) is 3.81. The van der Waals surface area contributed by atoms with Gasteiger partial charge in [0.05, 0.1) is 6.04 Å². The van der Waals surface area contributed by atoms with Gasteiger partial charge in [-0.15, -0.1) is 16.4 Å². The van der Waals surface area contributed by atoms with Gasteiger partial charge >= 0.3 is 0 Å². The lowest BCUT2D eigenvalue weighted by atomic mass is 10.2. The molecular formula is C15H18N6S2. The Hall–Kier alpha value is -1.54. The number of hydrogen-bond acceptors (Lipinski definition) is 7. The van der Waals surface area contributed by atoms with Crippen LogP contribution in [0.25, 0.3) is 10.2 Å². The maximum atomic E-state index is 4.67. The zero-order chi connectivity index (χ0) is 16.0. The number of aryl methyl sites for hydroxylation is 3. The van der Waals surface area contributed by atoms with Crippen LogP contribution in [-0.2, 0) is 0 Å². The van der Waals surface area contributed by atoms with Crippen molar-refractivity contribution in [3.63, 3.8) is 0 Å². The smallest absolute Gasteiger partial charge is 0.215 e. The van der Waals surface area contributed by atoms with Crippen LogP contribution in [0.2, 0.25) is 0 Å². The predicted molar refractivity (Wildman–Crippen MR) is 91.1 cm³/mol. The number of hydrogen-bond donors (Lipinski definition) is 0. The van der Waals surface area contributed by atoms with Crippen molar-refractivity contribution >= 4 is 33.3 Å². The first kappa shape index (κ1) is 15.0. The second-order valence-electron chi connectivity index (χ2n) is 5.99. The number of fused-ring (bicyclic) bond motifs is 1. The van der Waals surface area contributed by atoms with Crippen molar-refractivity contribution in [2.75, 3.05) is 0 Å². The summed E-state index contributed by atoms with van der Waals surface area (Å²) >= 11 is 3.29. The molecule has 0 unspecified atom stereocenters. The maximum Gasteiger partial charge on any atom is 0.215 e. The highest BCUT2D eigenvalue weighted by molar-refractivity contribution is 7.99. The number of aromatic nitrogens is 6. The van der Waals surface area contributed by atoms with E-state index in [1.54, 1.807) is 23.1 Å². The van der Waals surface area contributed by atoms with Crippen LogP contribution in [0, 0.1) is 20.8 Å². The van der Waals surface area contributed by atoms with E-state index in [4.69, 9.17) is 0 Å². The summed E-state index contributed by atoms with van der Waals surface area (Å²) in [5, 5.41) is 15.3. The van der Waals surface area contributed by atoms with E-state index in [0.717, 1.165) is 39.1 Å². The molecule has 0 aliphatic heterocycles. The minimum absolute atomic E-state index is 0.427. The Balaban J connectivity index is 1.77. The fourth-order valence-electron chi connectivity index (χ4n) is 3.11. The molecule has 1 saturated carbocycles. The van der Waals surface area contributed by atoms with Crippen molar-refractivity contribution in [2.24, 2.45) is 0 Å². The third kappa shape index (κ3) is 2.63. The lowest BCUT2D eigenvalue weighted by Crippen LogP contribution is -2.08. The van der Waals surface area contributed by atoms with Crippen LogP contribution in [0.1, 0.15) is 48.0 Å². The molecule has 0 radical (unpaired) electrons. The molecule has 8 heteroatoms. The molecule has 0 bridgehead atoms. The fraction of sp³-hybridized carbons (Fsp3) is 0.533. The van der Waals surface area contributed by atoms with E-state index in [9.17, 15) is 0 Å². The largest absolute Gasteiger partial charge is 0.226 e. The maximum absolute atomic E-state index is 4.67. The van der Waals surface area contributed by atoms with E-state index >= 15 is 0 Å². The third-order valence-corrected chi connectivity index (χ3v) is 6.47. The molecule has 0 saturated heterocycles. The molecule has 0 atom stereocenters. The van der Waals surface area contributed by atoms with Crippen molar-refractivity contribution in [2.45, 2.75) is 62.7 Å². The molecule has 6 nitrogen and oxygen atoms in total. The van der Waals surface area contributed by atoms with Crippen molar-refractivity contribution in [3.8, 4) is 0 Å². The molecule has 23 heavy (non-hydrogen) atoms. The number of nitrogens with zero attached hydrogens (tertiary/aromatic N) is 6. The van der Waals surface area contributed by atoms with Crippen molar-refractivity contribution in [1.82, 2.24) is 30.2 Å². The van der Waals surface area contributed by atoms with E-state index in [1.807, 2.05) is 11.6 Å². The van der Waals surface area contributed by atoms with Gasteiger partial charge in [-0.05, 0) is 61.4 Å². The summed E-state index contributed by atoms with van der Waals surface area (Å²) in [7, 11) is 0. The lowest BCUT2D eigenvalue weighted by Gasteiger charge is -2.11. The quantitative estimate of drug-likeness (QED) is 0.671. The summed E-state index contributed by atoms with van der Waals surface area (Å²) in [6.45, 7) is 6.21. The summed E-state index contributed by atoms with van der Waals surface area (Å²) in [6.07, 6.45) is 4.84. The summed E-state index contributed by atoms with van der Waals surface area (Å²) < 4.78 is 1.98. The van der Waals surface area contributed by atoms with E-state index in [0.29, 0.717) is 6.04 Å². The van der Waals surface area contributed by atoms with E-state index in [-0.39, 0.29) is 0 Å². The first-order valence-corrected chi connectivity index (χ1v) is 9.47. The molecule has 0 spiro atoms. The Morgan fingerprint density at radius 2 is 1.91 bits per heavy atom. The highest BCUT2D eigenvalue weighted by atomic mass is 32.2. The monoisotopic (exact) mass is 346 g/mol. The molecule has 3 aromatic rings. The molecule has 3 heterocycles. The summed E-state index contributed by atoms with van der Waals surface area (Å²) in [6, 6.07) is 0.427. The van der Waals surface area contributed by atoms with Crippen molar-refractivity contribution < 1.29 is 0 Å². The van der Waals surface area contributed by atoms with Crippen LogP contribution in [0.4, 0.5) is 0 Å². The molecule has 3 aromatic heterocycles. The van der Waals surface area contributed by atoms with Crippen molar-refractivity contribution in [1.29, 1.82) is 0 Å². The minimum atomic E-state index is 0.427. The van der Waals surface area contributed by atoms with Crippen LogP contribution < -0.4 is 0 Å². The molecule has 0 aromatic carbocycles. The topological polar surface area (TPSA) is 69.4 Å². The molecule has 1 aliphatic carbocycles. The second-order valence-corrected chi connectivity index (χ2v) is 8.14. The fourth-order valence-corrected chi connectivity index (χ4v) is 5.30. The van der Waals surface area contributed by atoms with Gasteiger partial charge in [-0.1, -0.05) is 12.8 Å². The van der Waals surface area contributed by atoms with Crippen LogP contribution in [-0.4, -0.2) is 30.2 Å². The number of thiophene rings is 1. The first-order chi connectivity index (χ1) is 11.1. The van der Waals surface area contributed by atoms with Crippen LogP contribution in [0.15, 0.2) is 10.2 Å². The van der Waals surface area contributed by atoms with Gasteiger partial charge in [0.2, 0.25) is 5.16 Å². The van der Waals surface area contributed by atoms with Crippen LogP contribution in [0.3, 0.4) is 0 Å². The van der Waals surface area contributed by atoms with Gasteiger partial charge in [-0.2, -0.15) is 0 Å². The molecule has 0 N–H and O–H groups in total. The lowest BCUT2D eigenvalue weighted by molar-refractivity contribution is 0.423. The number of tetrazole rings is 1. The van der Waals surface area contributed by atoms with Gasteiger partial charge in [0, 0.05) is 10.3 Å². The minimum Gasteiger partial charge on any atom is -0.226 e. The number of rotatable bonds is 3. The third-order valence-electron chi connectivity index (χ3n) is 4.43. The first-order valence-electron chi connectivity index (χ1n) is 7.83. The molecule has 1 aliphatic rings. The highest BCUT2D eigenvalue weighted by Gasteiger charge is 2.23. The van der Waals surface area contributed by atoms with E-state index in [2.05, 4.69) is 39.3 Å².